The van der Waals surface area contributed by atoms with Gasteiger partial charge in [-0.25, -0.2) is 0 Å². The Bertz CT molecular complexity index is 323. The number of hydrogen-bond donors (Lipinski definition) is 1. The molecule has 0 aromatic heterocycles. The van der Waals surface area contributed by atoms with Crippen LogP contribution in [-0.2, 0) is 0 Å². The summed E-state index contributed by atoms with van der Waals surface area (Å²) < 4.78 is 1.24. The topological polar surface area (TPSA) is 23.8 Å². The Morgan fingerprint density at radius 2 is 0.700 bits per heavy atom. The summed E-state index contributed by atoms with van der Waals surface area (Å²) in [6, 6.07) is 0. The van der Waals surface area contributed by atoms with Crippen molar-refractivity contribution in [2.45, 2.75) is 142 Å². The van der Waals surface area contributed by atoms with E-state index in [1.54, 1.807) is 0 Å². The number of thiol groups is 1. The van der Waals surface area contributed by atoms with Crippen LogP contribution in [0.3, 0.4) is 0 Å². The predicted molar refractivity (Wildman–Crippen MR) is 140 cm³/mol. The summed E-state index contributed by atoms with van der Waals surface area (Å²) in [6.45, 7) is 7.37. The minimum Gasteiger partial charge on any atom is -0.328 e. The molecule has 0 aliphatic heterocycles. The number of nitrogens with zero attached hydrogens (tertiary/aromatic N) is 2. The number of thiocyanates is 1. The van der Waals surface area contributed by atoms with Crippen LogP contribution in [0.5, 0.6) is 0 Å². The maximum absolute atomic E-state index is 7.18. The minimum absolute atomic E-state index is 1.24. The van der Waals surface area contributed by atoms with E-state index in [-0.39, 0.29) is 0 Å². The van der Waals surface area contributed by atoms with Crippen LogP contribution < -0.4 is 0 Å². The van der Waals surface area contributed by atoms with E-state index in [4.69, 9.17) is 5.26 Å². The molecule has 0 saturated heterocycles. The third-order valence-corrected chi connectivity index (χ3v) is 6.23. The van der Waals surface area contributed by atoms with Crippen LogP contribution >= 0.6 is 12.6 Å². The van der Waals surface area contributed by atoms with Gasteiger partial charge in [0.05, 0.1) is 27.2 Å². The molecule has 0 unspecified atom stereocenters. The molecular weight excluding hydrogens is 384 g/mol. The monoisotopic (exact) mass is 441 g/mol. The molecule has 0 radical (unpaired) electrons. The maximum Gasteiger partial charge on any atom is 0.130 e. The van der Waals surface area contributed by atoms with Gasteiger partial charge in [0.25, 0.3) is 0 Å². The van der Waals surface area contributed by atoms with Crippen molar-refractivity contribution in [2.75, 3.05) is 27.2 Å². The van der Waals surface area contributed by atoms with Gasteiger partial charge in [0.1, 0.15) is 5.40 Å². The fourth-order valence-electron chi connectivity index (χ4n) is 4.17. The Morgan fingerprint density at radius 1 is 0.500 bits per heavy atom. The van der Waals surface area contributed by atoms with Crippen LogP contribution in [0.25, 0.3) is 0 Å². The molecule has 2 nitrogen and oxygen atoms in total. The van der Waals surface area contributed by atoms with Gasteiger partial charge in [-0.15, -0.1) is 0 Å². The zero-order valence-corrected chi connectivity index (χ0v) is 22.3. The highest BCUT2D eigenvalue weighted by Crippen LogP contribution is 2.14. The normalized spacial score (nSPS) is 11.1. The highest BCUT2D eigenvalue weighted by atomic mass is 32.1. The lowest BCUT2D eigenvalue weighted by molar-refractivity contribution is -0.890. The Morgan fingerprint density at radius 3 is 0.933 bits per heavy atom. The molecule has 0 rings (SSSR count). The van der Waals surface area contributed by atoms with Gasteiger partial charge in [-0.05, 0) is 25.7 Å². The molecule has 0 aliphatic rings. The molecule has 0 amide bonds. The number of hydrogen-bond acceptors (Lipinski definition) is 2. The van der Waals surface area contributed by atoms with Crippen molar-refractivity contribution in [3.8, 4) is 5.40 Å². The zero-order chi connectivity index (χ0) is 22.8. The molecule has 0 aliphatic carbocycles. The van der Waals surface area contributed by atoms with Crippen molar-refractivity contribution in [2.24, 2.45) is 0 Å². The summed E-state index contributed by atoms with van der Waals surface area (Å²) in [5.41, 5.74) is 0. The van der Waals surface area contributed by atoms with Crippen molar-refractivity contribution in [3.05, 3.63) is 0 Å². The highest BCUT2D eigenvalue weighted by molar-refractivity contribution is 7.85. The lowest BCUT2D eigenvalue weighted by Crippen LogP contribution is -2.41. The van der Waals surface area contributed by atoms with Gasteiger partial charge in [-0.3, -0.25) is 0 Å². The zero-order valence-electron chi connectivity index (χ0n) is 21.4. The second kappa shape index (κ2) is 26.8. The summed E-state index contributed by atoms with van der Waals surface area (Å²) in [7, 11) is 4.89. The molecule has 0 aromatic carbocycles. The molecule has 0 saturated carbocycles. The van der Waals surface area contributed by atoms with Crippen LogP contribution in [-0.4, -0.2) is 31.7 Å². The first-order valence-corrected chi connectivity index (χ1v) is 13.8. The number of rotatable bonds is 22. The van der Waals surface area contributed by atoms with Gasteiger partial charge in [0, 0.05) is 0 Å². The first kappa shape index (κ1) is 32.0. The highest BCUT2D eigenvalue weighted by Gasteiger charge is 2.13. The molecule has 180 valence electrons. The lowest BCUT2D eigenvalue weighted by Gasteiger charge is -2.30. The summed E-state index contributed by atoms with van der Waals surface area (Å²) in [5, 5.41) is 8.63. The van der Waals surface area contributed by atoms with Gasteiger partial charge in [0.2, 0.25) is 0 Å². The Labute approximate surface area is 197 Å². The largest absolute Gasteiger partial charge is 0.328 e. The second-order valence-electron chi connectivity index (χ2n) is 9.85. The van der Waals surface area contributed by atoms with Gasteiger partial charge in [-0.1, -0.05) is 129 Å². The average Bonchev–Trinajstić information content (AvgIpc) is 2.71. The third-order valence-electron chi connectivity index (χ3n) is 6.23. The Balaban J connectivity index is 0. The van der Waals surface area contributed by atoms with E-state index in [0.29, 0.717) is 0 Å². The van der Waals surface area contributed by atoms with Crippen molar-refractivity contribution in [1.29, 1.82) is 5.26 Å². The van der Waals surface area contributed by atoms with Crippen molar-refractivity contribution in [3.63, 3.8) is 0 Å². The average molecular weight is 442 g/mol. The van der Waals surface area contributed by atoms with E-state index < -0.39 is 0 Å². The van der Waals surface area contributed by atoms with E-state index in [2.05, 4.69) is 40.6 Å². The second-order valence-corrected chi connectivity index (χ2v) is 10.0. The molecule has 0 spiro atoms. The quantitative estimate of drug-likeness (QED) is 0.0769. The van der Waals surface area contributed by atoms with Crippen molar-refractivity contribution < 1.29 is 4.48 Å². The van der Waals surface area contributed by atoms with Crippen LogP contribution in [0.2, 0.25) is 0 Å². The van der Waals surface area contributed by atoms with Crippen LogP contribution in [0.15, 0.2) is 0 Å². The molecule has 0 bridgehead atoms. The van der Waals surface area contributed by atoms with Gasteiger partial charge >= 0.3 is 0 Å². The maximum atomic E-state index is 7.18. The van der Waals surface area contributed by atoms with Crippen LogP contribution in [0.1, 0.15) is 142 Å². The summed E-state index contributed by atoms with van der Waals surface area (Å²) in [6.07, 6.45) is 29.0. The van der Waals surface area contributed by atoms with E-state index >= 15 is 0 Å². The van der Waals surface area contributed by atoms with E-state index in [1.807, 2.05) is 0 Å². The predicted octanol–water partition coefficient (Wildman–Crippen LogP) is 9.30. The smallest absolute Gasteiger partial charge is 0.130 e. The first-order valence-electron chi connectivity index (χ1n) is 13.4. The van der Waals surface area contributed by atoms with Crippen LogP contribution in [0, 0.1) is 10.7 Å². The number of unbranched alkanes of at least 4 members (excludes halogenated alkanes) is 18. The van der Waals surface area contributed by atoms with Gasteiger partial charge in [-0.2, -0.15) is 5.26 Å². The summed E-state index contributed by atoms with van der Waals surface area (Å²) in [5.74, 6) is 0. The summed E-state index contributed by atoms with van der Waals surface area (Å²) >= 11 is 3.09. The molecule has 0 heterocycles. The van der Waals surface area contributed by atoms with E-state index in [0.717, 1.165) is 0 Å². The molecule has 0 fully saturated rings. The minimum atomic E-state index is 1.24. The third kappa shape index (κ3) is 30.0. The Hall–Kier alpha value is -0.200. The molecule has 3 heteroatoms. The van der Waals surface area contributed by atoms with E-state index in [9.17, 15) is 0 Å². The SMILES string of the molecule is CCCCCCCCCCCC[N+](C)(C)CCCCCCCCCCCC.N#CS. The standard InChI is InChI=1S/C26H56N.CHNS/c1-5-7-9-11-13-15-17-19-21-23-25-27(3,4)26-24-22-20-18-16-14-12-10-8-6-2;2-1-3/h5-26H2,1-4H3;3H/q+1;. The molecule has 0 N–H and O–H groups in total. The Kier molecular flexibility index (Phi) is 28.6. The fourth-order valence-corrected chi connectivity index (χ4v) is 4.17. The number of nitriles is 1. The molecule has 0 aromatic rings. The molecule has 30 heavy (non-hydrogen) atoms. The fraction of sp³-hybridized carbons (Fsp3) is 0.963. The molecule has 0 atom stereocenters. The summed E-state index contributed by atoms with van der Waals surface area (Å²) in [4.78, 5) is 0. The van der Waals surface area contributed by atoms with Crippen LogP contribution in [0.4, 0.5) is 0 Å². The van der Waals surface area contributed by atoms with Crippen molar-refractivity contribution >= 4 is 12.6 Å². The number of quaternary nitrogens is 1. The van der Waals surface area contributed by atoms with Crippen molar-refractivity contribution in [1.82, 2.24) is 0 Å². The van der Waals surface area contributed by atoms with Gasteiger partial charge in [0.15, 0.2) is 0 Å². The molecular formula is C27H57N2S+. The van der Waals surface area contributed by atoms with Gasteiger partial charge < -0.3 is 4.48 Å². The lowest BCUT2D eigenvalue weighted by atomic mass is 10.1. The first-order chi connectivity index (χ1) is 14.5. The van der Waals surface area contributed by atoms with E-state index in [1.165, 1.54) is 151 Å².